The summed E-state index contributed by atoms with van der Waals surface area (Å²) in [5.74, 6) is -0.659. The summed E-state index contributed by atoms with van der Waals surface area (Å²) >= 11 is 2.44. The lowest BCUT2D eigenvalue weighted by Gasteiger charge is -2.18. The van der Waals surface area contributed by atoms with Crippen LogP contribution in [0.5, 0.6) is 0 Å². The number of nitrogens with two attached hydrogens (primary N) is 1. The summed E-state index contributed by atoms with van der Waals surface area (Å²) in [5, 5.41) is 20.8. The van der Waals surface area contributed by atoms with Crippen molar-refractivity contribution in [3.63, 3.8) is 0 Å². The minimum absolute atomic E-state index is 0.0224. The maximum atomic E-state index is 12.9. The Kier molecular flexibility index (Phi) is 6.81. The zero-order valence-electron chi connectivity index (χ0n) is 15.4. The summed E-state index contributed by atoms with van der Waals surface area (Å²) in [5.41, 5.74) is 7.21. The smallest absolute Gasteiger partial charge is 0.316 e. The molecule has 0 saturated carbocycles. The second-order valence-electron chi connectivity index (χ2n) is 5.59. The van der Waals surface area contributed by atoms with Gasteiger partial charge in [-0.2, -0.15) is 5.26 Å². The third kappa shape index (κ3) is 4.40. The maximum Gasteiger partial charge on any atom is 0.316 e. The van der Waals surface area contributed by atoms with Gasteiger partial charge in [0.05, 0.1) is 18.4 Å². The Balaban J connectivity index is 2.28. The Morgan fingerprint density at radius 1 is 1.44 bits per heavy atom. The Hall–Kier alpha value is -2.58. The zero-order valence-corrected chi connectivity index (χ0v) is 17.0. The molecule has 2 aromatic heterocycles. The first-order chi connectivity index (χ1) is 12.8. The normalized spacial score (nSPS) is 11.7. The topological polar surface area (TPSA) is 136 Å². The number of methoxy groups -OCH3 is 1. The number of hydrogen-bond donors (Lipinski definition) is 2. The highest BCUT2D eigenvalue weighted by Gasteiger charge is 2.27. The van der Waals surface area contributed by atoms with Gasteiger partial charge in [-0.05, 0) is 25.8 Å². The average molecular weight is 409 g/mol. The van der Waals surface area contributed by atoms with Crippen LogP contribution < -0.4 is 11.1 Å². The number of ether oxygens (including phenoxy) is 1. The maximum absolute atomic E-state index is 12.9. The summed E-state index contributed by atoms with van der Waals surface area (Å²) in [4.78, 5) is 25.2. The Morgan fingerprint density at radius 3 is 2.74 bits per heavy atom. The van der Waals surface area contributed by atoms with Crippen LogP contribution in [-0.2, 0) is 14.3 Å². The van der Waals surface area contributed by atoms with E-state index < -0.39 is 12.0 Å². The van der Waals surface area contributed by atoms with Crippen molar-refractivity contribution in [1.29, 1.82) is 5.26 Å². The predicted molar refractivity (Wildman–Crippen MR) is 104 cm³/mol. The van der Waals surface area contributed by atoms with E-state index in [0.29, 0.717) is 22.1 Å². The number of hydrogen-bond acceptors (Lipinski definition) is 9. The average Bonchev–Trinajstić information content (AvgIpc) is 3.13. The van der Waals surface area contributed by atoms with Crippen molar-refractivity contribution in [1.82, 2.24) is 14.8 Å². The molecule has 9 nitrogen and oxygen atoms in total. The van der Waals surface area contributed by atoms with E-state index in [1.807, 2.05) is 20.8 Å². The van der Waals surface area contributed by atoms with Gasteiger partial charge < -0.3 is 15.8 Å². The number of nitrogen functional groups attached to an aromatic ring is 1. The van der Waals surface area contributed by atoms with E-state index in [0.717, 1.165) is 22.2 Å². The van der Waals surface area contributed by atoms with Gasteiger partial charge in [0, 0.05) is 4.88 Å². The molecule has 1 unspecified atom stereocenters. The molecule has 2 rings (SSSR count). The van der Waals surface area contributed by atoms with Gasteiger partial charge in [-0.15, -0.1) is 21.5 Å². The molecule has 0 radical (unpaired) electrons. The van der Waals surface area contributed by atoms with Crippen molar-refractivity contribution in [3.05, 3.63) is 16.0 Å². The first-order valence-corrected chi connectivity index (χ1v) is 9.85. The third-order valence-corrected chi connectivity index (χ3v) is 6.01. The quantitative estimate of drug-likeness (QED) is 0.526. The summed E-state index contributed by atoms with van der Waals surface area (Å²) in [6.07, 6.45) is 0.422. The van der Waals surface area contributed by atoms with Crippen LogP contribution in [0.25, 0.3) is 0 Å². The Morgan fingerprint density at radius 2 is 2.15 bits per heavy atom. The fourth-order valence-corrected chi connectivity index (χ4v) is 4.23. The van der Waals surface area contributed by atoms with E-state index in [1.54, 1.807) is 0 Å². The molecule has 0 saturated heterocycles. The number of carbonyl (C=O) groups is 2. The molecule has 1 atom stereocenters. The number of thioether (sulfide) groups is 1. The number of amides is 1. The number of thiophene rings is 1. The van der Waals surface area contributed by atoms with E-state index in [4.69, 9.17) is 5.73 Å². The number of nitrogens with zero attached hydrogens (tertiary/aromatic N) is 4. The standard InChI is InChI=1S/C16H20N6O3S2/c1-5-11(13(24)19-14-10(6-17)8(2)9(3)27-14)22-15(18)20-21-16(22)26-7-12(23)25-4/h11H,5,7H2,1-4H3,(H2,18,20)(H,19,24). The lowest BCUT2D eigenvalue weighted by molar-refractivity contribution is -0.137. The summed E-state index contributed by atoms with van der Waals surface area (Å²) < 4.78 is 6.10. The first kappa shape index (κ1) is 20.7. The van der Waals surface area contributed by atoms with Crippen LogP contribution in [0.15, 0.2) is 5.16 Å². The molecule has 0 fully saturated rings. The minimum atomic E-state index is -0.686. The van der Waals surface area contributed by atoms with Crippen LogP contribution in [0.4, 0.5) is 10.9 Å². The van der Waals surface area contributed by atoms with Crippen LogP contribution >= 0.6 is 23.1 Å². The molecule has 2 heterocycles. The molecule has 0 aliphatic rings. The number of aryl methyl sites for hydroxylation is 1. The van der Waals surface area contributed by atoms with Gasteiger partial charge >= 0.3 is 5.97 Å². The summed E-state index contributed by atoms with van der Waals surface area (Å²) in [6.45, 7) is 5.57. The van der Waals surface area contributed by atoms with Gasteiger partial charge in [-0.1, -0.05) is 18.7 Å². The van der Waals surface area contributed by atoms with E-state index >= 15 is 0 Å². The fourth-order valence-electron chi connectivity index (χ4n) is 2.39. The fraction of sp³-hybridized carbons (Fsp3) is 0.438. The van der Waals surface area contributed by atoms with Crippen molar-refractivity contribution >= 4 is 45.9 Å². The first-order valence-electron chi connectivity index (χ1n) is 8.04. The van der Waals surface area contributed by atoms with E-state index in [1.165, 1.54) is 23.0 Å². The number of esters is 1. The number of nitrogens with one attached hydrogen (secondary N) is 1. The van der Waals surface area contributed by atoms with Crippen molar-refractivity contribution in [2.24, 2.45) is 0 Å². The van der Waals surface area contributed by atoms with Crippen LogP contribution in [0.2, 0.25) is 0 Å². The zero-order chi connectivity index (χ0) is 20.1. The van der Waals surface area contributed by atoms with E-state index in [2.05, 4.69) is 26.3 Å². The Bertz CT molecular complexity index is 899. The van der Waals surface area contributed by atoms with Gasteiger partial charge in [0.1, 0.15) is 17.1 Å². The molecule has 1 amide bonds. The lowest BCUT2D eigenvalue weighted by Crippen LogP contribution is -2.27. The molecule has 2 aromatic rings. The second kappa shape index (κ2) is 8.88. The van der Waals surface area contributed by atoms with Crippen LogP contribution in [-0.4, -0.2) is 39.5 Å². The van der Waals surface area contributed by atoms with Crippen molar-refractivity contribution in [2.45, 2.75) is 38.4 Å². The van der Waals surface area contributed by atoms with Crippen LogP contribution in [0.1, 0.15) is 35.4 Å². The van der Waals surface area contributed by atoms with Crippen molar-refractivity contribution in [2.75, 3.05) is 23.9 Å². The van der Waals surface area contributed by atoms with Crippen LogP contribution in [0, 0.1) is 25.2 Å². The van der Waals surface area contributed by atoms with Crippen molar-refractivity contribution < 1.29 is 14.3 Å². The van der Waals surface area contributed by atoms with Crippen LogP contribution in [0.3, 0.4) is 0 Å². The van der Waals surface area contributed by atoms with E-state index in [9.17, 15) is 14.9 Å². The molecule has 0 spiro atoms. The highest BCUT2D eigenvalue weighted by atomic mass is 32.2. The van der Waals surface area contributed by atoms with Gasteiger partial charge in [-0.3, -0.25) is 14.2 Å². The molecular weight excluding hydrogens is 388 g/mol. The molecule has 3 N–H and O–H groups in total. The number of carbonyl (C=O) groups excluding carboxylic acids is 2. The number of nitriles is 1. The number of anilines is 2. The lowest BCUT2D eigenvalue weighted by atomic mass is 10.1. The molecule has 0 aliphatic heterocycles. The third-order valence-electron chi connectivity index (χ3n) is 3.97. The molecule has 0 aliphatic carbocycles. The molecule has 11 heteroatoms. The summed E-state index contributed by atoms with van der Waals surface area (Å²) in [7, 11) is 1.29. The summed E-state index contributed by atoms with van der Waals surface area (Å²) in [6, 6.07) is 1.44. The van der Waals surface area contributed by atoms with E-state index in [-0.39, 0.29) is 17.6 Å². The van der Waals surface area contributed by atoms with Gasteiger partial charge in [0.15, 0.2) is 5.16 Å². The minimum Gasteiger partial charge on any atom is -0.468 e. The monoisotopic (exact) mass is 408 g/mol. The number of aromatic nitrogens is 3. The van der Waals surface area contributed by atoms with Gasteiger partial charge in [-0.25, -0.2) is 0 Å². The van der Waals surface area contributed by atoms with Gasteiger partial charge in [0.2, 0.25) is 11.9 Å². The molecular formula is C16H20N6O3S2. The molecule has 0 aromatic carbocycles. The van der Waals surface area contributed by atoms with Gasteiger partial charge in [0.25, 0.3) is 0 Å². The molecule has 0 bridgehead atoms. The predicted octanol–water partition coefficient (Wildman–Crippen LogP) is 2.27. The Labute approximate surface area is 164 Å². The largest absolute Gasteiger partial charge is 0.468 e. The second-order valence-corrected chi connectivity index (χ2v) is 7.76. The highest BCUT2D eigenvalue weighted by molar-refractivity contribution is 7.99. The van der Waals surface area contributed by atoms with Crippen molar-refractivity contribution in [3.8, 4) is 6.07 Å². The SMILES string of the molecule is CCC(C(=O)Nc1sc(C)c(C)c1C#N)n1c(N)nnc1SCC(=O)OC. The number of rotatable bonds is 7. The molecule has 144 valence electrons. The molecule has 27 heavy (non-hydrogen) atoms. The highest BCUT2D eigenvalue weighted by Crippen LogP contribution is 2.33.